The van der Waals surface area contributed by atoms with E-state index in [2.05, 4.69) is 9.97 Å². The van der Waals surface area contributed by atoms with Gasteiger partial charge in [0, 0.05) is 12.4 Å². The van der Waals surface area contributed by atoms with Crippen molar-refractivity contribution in [2.45, 2.75) is 26.4 Å². The molecule has 1 rings (SSSR count). The largest absolute Gasteiger partial charge is 0.461 e. The number of hydrogen-bond donors (Lipinski definition) is 0. The van der Waals surface area contributed by atoms with Gasteiger partial charge in [-0.2, -0.15) is 0 Å². The lowest BCUT2D eigenvalue weighted by Crippen LogP contribution is -2.22. The zero-order valence-corrected chi connectivity index (χ0v) is 9.77. The van der Waals surface area contributed by atoms with E-state index in [0.29, 0.717) is 25.1 Å². The van der Waals surface area contributed by atoms with Crippen molar-refractivity contribution in [3.8, 4) is 6.01 Å². The lowest BCUT2D eigenvalue weighted by atomic mass is 10.2. The van der Waals surface area contributed by atoms with E-state index in [0.717, 1.165) is 0 Å². The summed E-state index contributed by atoms with van der Waals surface area (Å²) in [6.45, 7) is 6.78. The molecule has 0 spiro atoms. The second-order valence-electron chi connectivity index (χ2n) is 4.23. The van der Waals surface area contributed by atoms with Gasteiger partial charge < -0.3 is 9.47 Å². The highest BCUT2D eigenvalue weighted by Crippen LogP contribution is 2.06. The number of ether oxygens (including phenoxy) is 2. The fourth-order valence-corrected chi connectivity index (χ4v) is 0.942. The molecule has 0 amide bonds. The average molecular weight is 224 g/mol. The number of aromatic nitrogens is 2. The molecule has 0 aliphatic carbocycles. The lowest BCUT2D eigenvalue weighted by molar-refractivity contribution is -0.0173. The van der Waals surface area contributed by atoms with Gasteiger partial charge in [0.1, 0.15) is 6.61 Å². The van der Waals surface area contributed by atoms with Gasteiger partial charge in [0.05, 0.1) is 17.8 Å². The quantitative estimate of drug-likeness (QED) is 0.560. The summed E-state index contributed by atoms with van der Waals surface area (Å²) in [5.74, 6) is 0. The zero-order valence-electron chi connectivity index (χ0n) is 9.77. The Morgan fingerprint density at radius 3 is 2.38 bits per heavy atom. The first kappa shape index (κ1) is 12.6. The molecule has 5 heteroatoms. The van der Waals surface area contributed by atoms with Crippen LogP contribution in [0.25, 0.3) is 0 Å². The molecule has 0 saturated carbocycles. The molecule has 0 saturated heterocycles. The van der Waals surface area contributed by atoms with Crippen molar-refractivity contribution in [1.82, 2.24) is 9.97 Å². The standard InChI is InChI=1S/C11H16N2O3/c1-11(2,3)16-5-4-15-10-12-6-9(8-14)7-13-10/h6-8H,4-5H2,1-3H3. The maximum Gasteiger partial charge on any atom is 0.316 e. The molecule has 1 aromatic heterocycles. The zero-order chi connectivity index (χ0) is 12.0. The Bertz CT molecular complexity index is 330. The van der Waals surface area contributed by atoms with E-state index < -0.39 is 0 Å². The Balaban J connectivity index is 2.29. The van der Waals surface area contributed by atoms with Gasteiger partial charge in [0.25, 0.3) is 0 Å². The lowest BCUT2D eigenvalue weighted by Gasteiger charge is -2.19. The normalized spacial score (nSPS) is 11.2. The summed E-state index contributed by atoms with van der Waals surface area (Å²) in [4.78, 5) is 18.1. The summed E-state index contributed by atoms with van der Waals surface area (Å²) in [6.07, 6.45) is 3.52. The average Bonchev–Trinajstić information content (AvgIpc) is 2.24. The predicted octanol–water partition coefficient (Wildman–Crippen LogP) is 1.48. The van der Waals surface area contributed by atoms with E-state index in [9.17, 15) is 4.79 Å². The van der Waals surface area contributed by atoms with Crippen molar-refractivity contribution >= 4 is 6.29 Å². The molecule has 16 heavy (non-hydrogen) atoms. The molecule has 0 fully saturated rings. The van der Waals surface area contributed by atoms with E-state index in [1.165, 1.54) is 12.4 Å². The number of carbonyl (C=O) groups is 1. The highest BCUT2D eigenvalue weighted by atomic mass is 16.5. The molecule has 0 aliphatic rings. The van der Waals surface area contributed by atoms with E-state index >= 15 is 0 Å². The van der Waals surface area contributed by atoms with Crippen LogP contribution in [0.3, 0.4) is 0 Å². The predicted molar refractivity (Wildman–Crippen MR) is 58.6 cm³/mol. The first-order chi connectivity index (χ1) is 7.51. The Morgan fingerprint density at radius 1 is 1.25 bits per heavy atom. The maximum absolute atomic E-state index is 10.3. The molecule has 0 unspecified atom stereocenters. The minimum Gasteiger partial charge on any atom is -0.461 e. The highest BCUT2D eigenvalue weighted by molar-refractivity contribution is 5.73. The third-order valence-electron chi connectivity index (χ3n) is 1.63. The molecule has 0 N–H and O–H groups in total. The Morgan fingerprint density at radius 2 is 1.88 bits per heavy atom. The Kier molecular flexibility index (Phi) is 4.37. The van der Waals surface area contributed by atoms with E-state index in [4.69, 9.17) is 9.47 Å². The SMILES string of the molecule is CC(C)(C)OCCOc1ncc(C=O)cn1. The molecule has 0 radical (unpaired) electrons. The van der Waals surface area contributed by atoms with Crippen LogP contribution >= 0.6 is 0 Å². The minimum absolute atomic E-state index is 0.175. The van der Waals surface area contributed by atoms with Crippen LogP contribution in [0, 0.1) is 0 Å². The van der Waals surface area contributed by atoms with Gasteiger partial charge in [-0.25, -0.2) is 9.97 Å². The summed E-state index contributed by atoms with van der Waals surface area (Å²) in [5, 5.41) is 0. The van der Waals surface area contributed by atoms with Gasteiger partial charge in [0.15, 0.2) is 6.29 Å². The topological polar surface area (TPSA) is 61.3 Å². The van der Waals surface area contributed by atoms with Crippen molar-refractivity contribution < 1.29 is 14.3 Å². The number of carbonyl (C=O) groups excluding carboxylic acids is 1. The summed E-state index contributed by atoms with van der Waals surface area (Å²) < 4.78 is 10.7. The summed E-state index contributed by atoms with van der Waals surface area (Å²) in [5.41, 5.74) is 0.254. The number of hydrogen-bond acceptors (Lipinski definition) is 5. The molecular weight excluding hydrogens is 208 g/mol. The summed E-state index contributed by atoms with van der Waals surface area (Å²) in [6, 6.07) is 0.253. The number of nitrogens with zero attached hydrogens (tertiary/aromatic N) is 2. The van der Waals surface area contributed by atoms with E-state index in [1.807, 2.05) is 20.8 Å². The first-order valence-corrected chi connectivity index (χ1v) is 5.05. The molecule has 88 valence electrons. The van der Waals surface area contributed by atoms with Gasteiger partial charge in [-0.3, -0.25) is 4.79 Å². The molecule has 0 aromatic carbocycles. The second kappa shape index (κ2) is 5.55. The van der Waals surface area contributed by atoms with Crippen LogP contribution in [0.4, 0.5) is 0 Å². The first-order valence-electron chi connectivity index (χ1n) is 5.05. The monoisotopic (exact) mass is 224 g/mol. The van der Waals surface area contributed by atoms with Crippen LogP contribution in [0.15, 0.2) is 12.4 Å². The Labute approximate surface area is 94.8 Å². The smallest absolute Gasteiger partial charge is 0.316 e. The van der Waals surface area contributed by atoms with Crippen LogP contribution in [0.2, 0.25) is 0 Å². The third kappa shape index (κ3) is 4.84. The van der Waals surface area contributed by atoms with Gasteiger partial charge in [-0.05, 0) is 20.8 Å². The fraction of sp³-hybridized carbons (Fsp3) is 0.545. The minimum atomic E-state index is -0.175. The summed E-state index contributed by atoms with van der Waals surface area (Å²) in [7, 11) is 0. The number of aldehydes is 1. The molecule has 1 aromatic rings. The van der Waals surface area contributed by atoms with Crippen LogP contribution in [-0.4, -0.2) is 35.1 Å². The molecular formula is C11H16N2O3. The van der Waals surface area contributed by atoms with Crippen molar-refractivity contribution in [3.05, 3.63) is 18.0 Å². The number of rotatable bonds is 5. The summed E-state index contributed by atoms with van der Waals surface area (Å²) >= 11 is 0. The molecule has 0 aliphatic heterocycles. The van der Waals surface area contributed by atoms with Crippen LogP contribution < -0.4 is 4.74 Å². The van der Waals surface area contributed by atoms with Crippen molar-refractivity contribution in [2.24, 2.45) is 0 Å². The van der Waals surface area contributed by atoms with Crippen LogP contribution in [-0.2, 0) is 4.74 Å². The second-order valence-corrected chi connectivity index (χ2v) is 4.23. The van der Waals surface area contributed by atoms with E-state index in [1.54, 1.807) is 0 Å². The molecule has 0 atom stereocenters. The van der Waals surface area contributed by atoms with Crippen molar-refractivity contribution in [1.29, 1.82) is 0 Å². The van der Waals surface area contributed by atoms with Crippen LogP contribution in [0.1, 0.15) is 31.1 Å². The molecule has 5 nitrogen and oxygen atoms in total. The molecule has 0 bridgehead atoms. The van der Waals surface area contributed by atoms with Gasteiger partial charge in [-0.1, -0.05) is 0 Å². The Hall–Kier alpha value is -1.49. The van der Waals surface area contributed by atoms with Crippen molar-refractivity contribution in [3.63, 3.8) is 0 Å². The third-order valence-corrected chi connectivity index (χ3v) is 1.63. The van der Waals surface area contributed by atoms with E-state index in [-0.39, 0.29) is 11.6 Å². The maximum atomic E-state index is 10.3. The van der Waals surface area contributed by atoms with Gasteiger partial charge in [0.2, 0.25) is 0 Å². The fourth-order valence-electron chi connectivity index (χ4n) is 0.942. The van der Waals surface area contributed by atoms with Gasteiger partial charge >= 0.3 is 6.01 Å². The van der Waals surface area contributed by atoms with Gasteiger partial charge in [-0.15, -0.1) is 0 Å². The van der Waals surface area contributed by atoms with Crippen LogP contribution in [0.5, 0.6) is 6.01 Å². The molecule has 1 heterocycles. The highest BCUT2D eigenvalue weighted by Gasteiger charge is 2.09. The van der Waals surface area contributed by atoms with Crippen molar-refractivity contribution in [2.75, 3.05) is 13.2 Å².